The first-order valence-electron chi connectivity index (χ1n) is 11.7. The Kier molecular flexibility index (Phi) is 8.95. The predicted octanol–water partition coefficient (Wildman–Crippen LogP) is 3.25. The van der Waals surface area contributed by atoms with Gasteiger partial charge in [0.2, 0.25) is 10.0 Å². The van der Waals surface area contributed by atoms with Crippen molar-refractivity contribution < 1.29 is 37.4 Å². The number of carbonyl (C=O) groups is 3. The van der Waals surface area contributed by atoms with Gasteiger partial charge in [-0.1, -0.05) is 48.1 Å². The molecule has 0 bridgehead atoms. The molecule has 2 amide bonds. The van der Waals surface area contributed by atoms with Crippen LogP contribution in [0.4, 0.5) is 4.79 Å². The van der Waals surface area contributed by atoms with Crippen LogP contribution >= 0.6 is 0 Å². The Morgan fingerprint density at radius 2 is 1.87 bits per heavy atom. The molecule has 38 heavy (non-hydrogen) atoms. The molecule has 10 nitrogen and oxygen atoms in total. The van der Waals surface area contributed by atoms with E-state index in [4.69, 9.17) is 9.47 Å². The summed E-state index contributed by atoms with van der Waals surface area (Å²) in [4.78, 5) is 36.7. The number of rotatable bonds is 10. The number of hydrogen-bond donors (Lipinski definition) is 3. The van der Waals surface area contributed by atoms with Gasteiger partial charge in [0.15, 0.2) is 0 Å². The third-order valence-electron chi connectivity index (χ3n) is 6.11. The Hall–Kier alpha value is -4.12. The Morgan fingerprint density at radius 1 is 1.16 bits per heavy atom. The number of aliphatic carboxylic acids is 1. The number of benzene rings is 2. The second-order valence-corrected chi connectivity index (χ2v) is 10.6. The van der Waals surface area contributed by atoms with Crippen molar-refractivity contribution in [3.05, 3.63) is 82.4 Å². The molecule has 0 spiro atoms. The van der Waals surface area contributed by atoms with Crippen LogP contribution in [-0.2, 0) is 26.0 Å². The monoisotopic (exact) mass is 542 g/mol. The standard InChI is InChI=1S/C27H30N2O8S/c1-5-8-18-16(2)22(20-10-7-6-9-19(18)20)15-37-27(33)28-23(26(31)32)13-17-11-12-21(24(14-17)36-3)25(30)29-38(4,34)35/h5-12,14,22-23H,13,15H2,1-4H3,(H,28,33)(H,29,30)(H,31,32)/b8-5-/t22?,23-/m0/s1. The van der Waals surface area contributed by atoms with Crippen molar-refractivity contribution in [3.63, 3.8) is 0 Å². The quantitative estimate of drug-likeness (QED) is 0.414. The topological polar surface area (TPSA) is 148 Å². The number of carboxylic acids is 1. The number of methoxy groups -OCH3 is 1. The molecule has 2 atom stereocenters. The SMILES string of the molecule is C/C=C\C1=C(C)C(COC(=O)N[C@@H](Cc2ccc(C(=O)NS(C)(=O)=O)c(OC)c2)C(=O)O)c2ccccc21. The van der Waals surface area contributed by atoms with Crippen LogP contribution in [-0.4, -0.2) is 57.5 Å². The van der Waals surface area contributed by atoms with Crippen LogP contribution in [0.1, 0.15) is 46.8 Å². The van der Waals surface area contributed by atoms with Crippen LogP contribution in [0.2, 0.25) is 0 Å². The van der Waals surface area contributed by atoms with Gasteiger partial charge in [-0.25, -0.2) is 22.7 Å². The van der Waals surface area contributed by atoms with Gasteiger partial charge in [-0.15, -0.1) is 0 Å². The van der Waals surface area contributed by atoms with Gasteiger partial charge >= 0.3 is 12.1 Å². The first-order chi connectivity index (χ1) is 17.9. The van der Waals surface area contributed by atoms with Crippen LogP contribution in [0.5, 0.6) is 5.75 Å². The molecule has 0 heterocycles. The van der Waals surface area contributed by atoms with Crippen molar-refractivity contribution in [3.8, 4) is 5.75 Å². The Labute approximate surface area is 221 Å². The van der Waals surface area contributed by atoms with E-state index in [1.165, 1.54) is 25.3 Å². The van der Waals surface area contributed by atoms with Crippen molar-refractivity contribution in [2.24, 2.45) is 0 Å². The molecule has 0 aliphatic heterocycles. The van der Waals surface area contributed by atoms with E-state index in [9.17, 15) is 27.9 Å². The number of amides is 2. The van der Waals surface area contributed by atoms with Crippen molar-refractivity contribution >= 4 is 33.6 Å². The molecule has 202 valence electrons. The summed E-state index contributed by atoms with van der Waals surface area (Å²) in [5.74, 6) is -2.27. The minimum atomic E-state index is -3.79. The molecular weight excluding hydrogens is 512 g/mol. The molecule has 3 N–H and O–H groups in total. The summed E-state index contributed by atoms with van der Waals surface area (Å²) in [7, 11) is -2.50. The molecule has 0 radical (unpaired) electrons. The summed E-state index contributed by atoms with van der Waals surface area (Å²) in [6.07, 6.45) is 3.80. The van der Waals surface area contributed by atoms with E-state index in [2.05, 4.69) is 5.32 Å². The number of sulfonamides is 1. The van der Waals surface area contributed by atoms with Gasteiger partial charge in [0, 0.05) is 12.3 Å². The van der Waals surface area contributed by atoms with Crippen LogP contribution in [0.15, 0.2) is 60.2 Å². The Balaban J connectivity index is 1.69. The maximum Gasteiger partial charge on any atom is 0.407 e. The van der Waals surface area contributed by atoms with E-state index < -0.39 is 34.0 Å². The van der Waals surface area contributed by atoms with E-state index in [-0.39, 0.29) is 30.3 Å². The number of carboxylic acid groups (broad SMARTS) is 1. The summed E-state index contributed by atoms with van der Waals surface area (Å²) in [5.41, 5.74) is 4.63. The fourth-order valence-electron chi connectivity index (χ4n) is 4.33. The normalized spacial score (nSPS) is 15.6. The van der Waals surface area contributed by atoms with Crippen molar-refractivity contribution in [2.75, 3.05) is 20.0 Å². The van der Waals surface area contributed by atoms with Gasteiger partial charge in [0.05, 0.1) is 18.9 Å². The van der Waals surface area contributed by atoms with Crippen LogP contribution < -0.4 is 14.8 Å². The van der Waals surface area contributed by atoms with Gasteiger partial charge < -0.3 is 19.9 Å². The first kappa shape index (κ1) is 28.5. The van der Waals surface area contributed by atoms with Gasteiger partial charge in [-0.05, 0) is 48.2 Å². The zero-order chi connectivity index (χ0) is 28.0. The molecule has 1 unspecified atom stereocenters. The summed E-state index contributed by atoms with van der Waals surface area (Å²) in [6.45, 7) is 3.95. The van der Waals surface area contributed by atoms with E-state index in [0.29, 0.717) is 5.56 Å². The second-order valence-electron chi connectivity index (χ2n) is 8.81. The molecule has 0 saturated carbocycles. The van der Waals surface area contributed by atoms with E-state index in [1.807, 2.05) is 55.0 Å². The van der Waals surface area contributed by atoms with Crippen LogP contribution in [0.3, 0.4) is 0 Å². The van der Waals surface area contributed by atoms with Crippen LogP contribution in [0.25, 0.3) is 5.57 Å². The lowest BCUT2D eigenvalue weighted by molar-refractivity contribution is -0.139. The van der Waals surface area contributed by atoms with Gasteiger partial charge in [0.1, 0.15) is 18.4 Å². The number of fused-ring (bicyclic) bond motifs is 1. The first-order valence-corrected chi connectivity index (χ1v) is 13.6. The highest BCUT2D eigenvalue weighted by molar-refractivity contribution is 7.89. The van der Waals surface area contributed by atoms with E-state index >= 15 is 0 Å². The lowest BCUT2D eigenvalue weighted by atomic mass is 9.98. The zero-order valence-corrected chi connectivity index (χ0v) is 22.3. The molecular formula is C27H30N2O8S. The zero-order valence-electron chi connectivity index (χ0n) is 21.5. The number of nitrogens with one attached hydrogen (secondary N) is 2. The highest BCUT2D eigenvalue weighted by Gasteiger charge is 2.29. The summed E-state index contributed by atoms with van der Waals surface area (Å²) in [5, 5.41) is 12.1. The van der Waals surface area contributed by atoms with Gasteiger partial charge in [-0.3, -0.25) is 4.79 Å². The van der Waals surface area contributed by atoms with Crippen molar-refractivity contribution in [1.82, 2.24) is 10.0 Å². The highest BCUT2D eigenvalue weighted by atomic mass is 32.2. The lowest BCUT2D eigenvalue weighted by Gasteiger charge is -2.18. The van der Waals surface area contributed by atoms with Gasteiger partial charge in [0.25, 0.3) is 5.91 Å². The minimum Gasteiger partial charge on any atom is -0.496 e. The lowest BCUT2D eigenvalue weighted by Crippen LogP contribution is -2.43. The molecule has 11 heteroatoms. The minimum absolute atomic E-state index is 0.0417. The molecule has 1 aliphatic carbocycles. The predicted molar refractivity (Wildman–Crippen MR) is 142 cm³/mol. The number of alkyl carbamates (subject to hydrolysis) is 1. The molecule has 3 rings (SSSR count). The summed E-state index contributed by atoms with van der Waals surface area (Å²) in [6, 6.07) is 10.7. The molecule has 2 aromatic carbocycles. The number of hydrogen-bond acceptors (Lipinski definition) is 7. The average Bonchev–Trinajstić information content (AvgIpc) is 3.12. The largest absolute Gasteiger partial charge is 0.496 e. The fourth-order valence-corrected chi connectivity index (χ4v) is 4.78. The third kappa shape index (κ3) is 6.80. The Morgan fingerprint density at radius 3 is 2.50 bits per heavy atom. The summed E-state index contributed by atoms with van der Waals surface area (Å²) < 4.78 is 35.2. The van der Waals surface area contributed by atoms with E-state index in [1.54, 1.807) is 0 Å². The molecule has 0 fully saturated rings. The van der Waals surface area contributed by atoms with E-state index in [0.717, 1.165) is 28.5 Å². The Bertz CT molecular complexity index is 1410. The molecule has 0 saturated heterocycles. The van der Waals surface area contributed by atoms with Gasteiger partial charge in [-0.2, -0.15) is 0 Å². The molecule has 0 aromatic heterocycles. The number of allylic oxidation sites excluding steroid dienone is 3. The molecule has 1 aliphatic rings. The molecule has 2 aromatic rings. The number of ether oxygens (including phenoxy) is 2. The van der Waals surface area contributed by atoms with Crippen molar-refractivity contribution in [2.45, 2.75) is 32.2 Å². The average molecular weight is 543 g/mol. The summed E-state index contributed by atoms with van der Waals surface area (Å²) >= 11 is 0. The maximum atomic E-state index is 12.6. The smallest absolute Gasteiger partial charge is 0.407 e. The fraction of sp³-hybridized carbons (Fsp3) is 0.296. The number of carbonyl (C=O) groups excluding carboxylic acids is 2. The maximum absolute atomic E-state index is 12.6. The van der Waals surface area contributed by atoms with Crippen LogP contribution in [0, 0.1) is 0 Å². The highest BCUT2D eigenvalue weighted by Crippen LogP contribution is 2.42. The third-order valence-corrected chi connectivity index (χ3v) is 6.66. The van der Waals surface area contributed by atoms with Crippen molar-refractivity contribution in [1.29, 1.82) is 0 Å². The second kappa shape index (κ2) is 12.0.